The van der Waals surface area contributed by atoms with Gasteiger partial charge in [0.05, 0.1) is 0 Å². The van der Waals surface area contributed by atoms with Crippen LogP contribution >= 0.6 is 11.8 Å². The van der Waals surface area contributed by atoms with Crippen LogP contribution in [0.4, 0.5) is 0 Å². The fourth-order valence-electron chi connectivity index (χ4n) is 2.60. The van der Waals surface area contributed by atoms with Crippen molar-refractivity contribution < 1.29 is 4.21 Å². The molecular formula is C13H24N2OS2. The van der Waals surface area contributed by atoms with Crippen LogP contribution in [0.3, 0.4) is 0 Å². The van der Waals surface area contributed by atoms with Crippen LogP contribution in [0.2, 0.25) is 0 Å². The Balaban J connectivity index is 1.79. The van der Waals surface area contributed by atoms with E-state index >= 15 is 0 Å². The number of thioether (sulfide) groups is 1. The van der Waals surface area contributed by atoms with E-state index in [1.54, 1.807) is 6.26 Å². The molecule has 0 aromatic heterocycles. The first-order chi connectivity index (χ1) is 8.61. The van der Waals surface area contributed by atoms with Crippen LogP contribution in [-0.4, -0.2) is 38.7 Å². The molecule has 1 spiro atoms. The van der Waals surface area contributed by atoms with E-state index in [0.29, 0.717) is 5.54 Å². The minimum atomic E-state index is -0.721. The lowest BCUT2D eigenvalue weighted by molar-refractivity contribution is 0.303. The largest absolute Gasteiger partial charge is 0.359 e. The van der Waals surface area contributed by atoms with Crippen molar-refractivity contribution in [3.63, 3.8) is 0 Å². The molecule has 0 aromatic carbocycles. The van der Waals surface area contributed by atoms with Crippen molar-refractivity contribution in [2.45, 2.75) is 56.2 Å². The highest BCUT2D eigenvalue weighted by Crippen LogP contribution is 2.36. The number of hydrogen-bond donors (Lipinski definition) is 1. The summed E-state index contributed by atoms with van der Waals surface area (Å²) in [6.07, 6.45) is 9.39. The van der Waals surface area contributed by atoms with Crippen LogP contribution in [0.15, 0.2) is 4.99 Å². The van der Waals surface area contributed by atoms with E-state index < -0.39 is 10.8 Å². The smallest absolute Gasteiger partial charge is 0.157 e. The average molecular weight is 288 g/mol. The quantitative estimate of drug-likeness (QED) is 0.864. The SMILES string of the molecule is CC(CCN=C1NC2(CCCCC2)CS1)S(C)=O. The molecule has 2 unspecified atom stereocenters. The van der Waals surface area contributed by atoms with Gasteiger partial charge in [-0.25, -0.2) is 0 Å². The number of amidine groups is 1. The molecule has 1 aliphatic heterocycles. The highest BCUT2D eigenvalue weighted by Gasteiger charge is 2.37. The third-order valence-electron chi connectivity index (χ3n) is 4.03. The summed E-state index contributed by atoms with van der Waals surface area (Å²) in [5, 5.41) is 5.02. The van der Waals surface area contributed by atoms with Gasteiger partial charge in [-0.1, -0.05) is 37.9 Å². The van der Waals surface area contributed by atoms with Gasteiger partial charge in [-0.3, -0.25) is 9.20 Å². The number of aliphatic imine (C=N–C) groups is 1. The van der Waals surface area contributed by atoms with Crippen LogP contribution in [-0.2, 0) is 10.8 Å². The molecule has 3 nitrogen and oxygen atoms in total. The molecule has 2 fully saturated rings. The summed E-state index contributed by atoms with van der Waals surface area (Å²) in [7, 11) is -0.721. The Bertz CT molecular complexity index is 338. The van der Waals surface area contributed by atoms with Gasteiger partial charge in [0.2, 0.25) is 0 Å². The Morgan fingerprint density at radius 2 is 2.17 bits per heavy atom. The third-order valence-corrected chi connectivity index (χ3v) is 6.60. The standard InChI is InChI=1S/C13H24N2OS2/c1-11(18(2)16)6-9-14-12-15-13(10-17-12)7-4-3-5-8-13/h11H,3-10H2,1-2H3,(H,14,15). The van der Waals surface area contributed by atoms with Gasteiger partial charge in [0.1, 0.15) is 0 Å². The fourth-order valence-corrected chi connectivity index (χ4v) is 4.28. The summed E-state index contributed by atoms with van der Waals surface area (Å²) in [5.74, 6) is 1.18. The maximum Gasteiger partial charge on any atom is 0.157 e. The minimum absolute atomic E-state index is 0.254. The van der Waals surface area contributed by atoms with Crippen molar-refractivity contribution in [2.75, 3.05) is 18.6 Å². The van der Waals surface area contributed by atoms with E-state index in [1.165, 1.54) is 37.9 Å². The monoisotopic (exact) mass is 288 g/mol. The summed E-state index contributed by atoms with van der Waals surface area (Å²) in [4.78, 5) is 4.63. The average Bonchev–Trinajstić information content (AvgIpc) is 2.73. The van der Waals surface area contributed by atoms with E-state index in [1.807, 2.05) is 18.7 Å². The minimum Gasteiger partial charge on any atom is -0.359 e. The zero-order valence-corrected chi connectivity index (χ0v) is 13.0. The van der Waals surface area contributed by atoms with Crippen molar-refractivity contribution in [1.82, 2.24) is 5.32 Å². The molecule has 5 heteroatoms. The molecule has 0 bridgehead atoms. The van der Waals surface area contributed by atoms with E-state index in [0.717, 1.165) is 18.1 Å². The maximum atomic E-state index is 11.3. The first kappa shape index (κ1) is 14.4. The van der Waals surface area contributed by atoms with Crippen molar-refractivity contribution in [1.29, 1.82) is 0 Å². The van der Waals surface area contributed by atoms with Gasteiger partial charge in [-0.2, -0.15) is 0 Å². The highest BCUT2D eigenvalue weighted by atomic mass is 32.2. The van der Waals surface area contributed by atoms with Crippen LogP contribution in [0.25, 0.3) is 0 Å². The van der Waals surface area contributed by atoms with Gasteiger partial charge in [0.25, 0.3) is 0 Å². The first-order valence-electron chi connectivity index (χ1n) is 6.89. The van der Waals surface area contributed by atoms with Crippen LogP contribution < -0.4 is 5.32 Å². The molecule has 1 aliphatic carbocycles. The van der Waals surface area contributed by atoms with E-state index in [9.17, 15) is 4.21 Å². The Morgan fingerprint density at radius 1 is 1.44 bits per heavy atom. The Hall–Kier alpha value is -0.0300. The molecule has 0 amide bonds. The predicted molar refractivity (Wildman–Crippen MR) is 81.9 cm³/mol. The Morgan fingerprint density at radius 3 is 2.83 bits per heavy atom. The summed E-state index contributed by atoms with van der Waals surface area (Å²) >= 11 is 1.87. The predicted octanol–water partition coefficient (Wildman–Crippen LogP) is 2.54. The van der Waals surface area contributed by atoms with Gasteiger partial charge < -0.3 is 5.32 Å². The molecule has 18 heavy (non-hydrogen) atoms. The van der Waals surface area contributed by atoms with Crippen LogP contribution in [0.1, 0.15) is 45.4 Å². The normalized spacial score (nSPS) is 28.2. The van der Waals surface area contributed by atoms with Crippen molar-refractivity contribution in [3.8, 4) is 0 Å². The molecule has 2 atom stereocenters. The Labute approximate surface area is 117 Å². The second-order valence-corrected chi connectivity index (χ2v) is 8.31. The summed E-state index contributed by atoms with van der Waals surface area (Å²) in [6, 6.07) is 0. The number of nitrogens with zero attached hydrogens (tertiary/aromatic N) is 1. The van der Waals surface area contributed by atoms with E-state index in [-0.39, 0.29) is 5.25 Å². The van der Waals surface area contributed by atoms with Crippen molar-refractivity contribution in [3.05, 3.63) is 0 Å². The molecule has 1 N–H and O–H groups in total. The maximum absolute atomic E-state index is 11.3. The zero-order chi connectivity index (χ0) is 13.0. The first-order valence-corrected chi connectivity index (χ1v) is 9.50. The van der Waals surface area contributed by atoms with Gasteiger partial charge >= 0.3 is 0 Å². The van der Waals surface area contributed by atoms with Crippen LogP contribution in [0.5, 0.6) is 0 Å². The molecular weight excluding hydrogens is 264 g/mol. The van der Waals surface area contributed by atoms with E-state index in [4.69, 9.17) is 0 Å². The molecule has 104 valence electrons. The lowest BCUT2D eigenvalue weighted by Gasteiger charge is -2.32. The zero-order valence-electron chi connectivity index (χ0n) is 11.4. The van der Waals surface area contributed by atoms with Crippen molar-refractivity contribution in [2.24, 2.45) is 4.99 Å². The number of hydrogen-bond acceptors (Lipinski definition) is 3. The Kier molecular flexibility index (Phi) is 5.13. The molecule has 1 saturated carbocycles. The molecule has 0 aromatic rings. The van der Waals surface area contributed by atoms with Gasteiger partial charge in [0, 0.05) is 40.1 Å². The van der Waals surface area contributed by atoms with Gasteiger partial charge in [-0.15, -0.1) is 0 Å². The summed E-state index contributed by atoms with van der Waals surface area (Å²) in [5.41, 5.74) is 0.348. The summed E-state index contributed by atoms with van der Waals surface area (Å²) < 4.78 is 11.3. The topological polar surface area (TPSA) is 41.5 Å². The number of nitrogens with one attached hydrogen (secondary N) is 1. The van der Waals surface area contributed by atoms with E-state index in [2.05, 4.69) is 10.3 Å². The van der Waals surface area contributed by atoms with Gasteiger partial charge in [0.15, 0.2) is 5.17 Å². The molecule has 1 saturated heterocycles. The van der Waals surface area contributed by atoms with Gasteiger partial charge in [-0.05, 0) is 19.3 Å². The molecule has 2 aliphatic rings. The second kappa shape index (κ2) is 6.42. The summed E-state index contributed by atoms with van der Waals surface area (Å²) in [6.45, 7) is 2.83. The molecule has 1 heterocycles. The molecule has 0 radical (unpaired) electrons. The van der Waals surface area contributed by atoms with Crippen molar-refractivity contribution >= 4 is 27.7 Å². The fraction of sp³-hybridized carbons (Fsp3) is 0.923. The van der Waals surface area contributed by atoms with Crippen LogP contribution in [0, 0.1) is 0 Å². The highest BCUT2D eigenvalue weighted by molar-refractivity contribution is 8.14. The second-order valence-electron chi connectivity index (χ2n) is 5.54. The lowest BCUT2D eigenvalue weighted by atomic mass is 9.83. The number of rotatable bonds is 4. The third kappa shape index (κ3) is 3.73. The lowest BCUT2D eigenvalue weighted by Crippen LogP contribution is -2.45. The molecule has 2 rings (SSSR count).